The third-order valence-corrected chi connectivity index (χ3v) is 2.61. The van der Waals surface area contributed by atoms with Gasteiger partial charge in [0.05, 0.1) is 0 Å². The minimum atomic E-state index is -0.0885. The van der Waals surface area contributed by atoms with Gasteiger partial charge >= 0.3 is 0 Å². The molecule has 0 bridgehead atoms. The maximum absolute atomic E-state index is 10.7. The van der Waals surface area contributed by atoms with Crippen molar-refractivity contribution in [2.45, 2.75) is 26.7 Å². The third-order valence-electron chi connectivity index (χ3n) is 2.61. The van der Waals surface area contributed by atoms with Crippen LogP contribution in [-0.4, -0.2) is 6.29 Å². The predicted molar refractivity (Wildman–Crippen MR) is 41.7 cm³/mol. The first-order chi connectivity index (χ1) is 4.69. The zero-order chi connectivity index (χ0) is 7.61. The van der Waals surface area contributed by atoms with Crippen LogP contribution < -0.4 is 0 Å². The minimum Gasteiger partial charge on any atom is -0.303 e. The quantitative estimate of drug-likeness (QED) is 0.401. The highest BCUT2D eigenvalue weighted by molar-refractivity contribution is 5.60. The van der Waals surface area contributed by atoms with Gasteiger partial charge in [0.2, 0.25) is 0 Å². The van der Waals surface area contributed by atoms with Crippen molar-refractivity contribution in [3.8, 4) is 0 Å². The molecule has 0 spiro atoms. The number of carbonyl (C=O) groups excluding carboxylic acids is 1. The van der Waals surface area contributed by atoms with Crippen LogP contribution in [0.5, 0.6) is 0 Å². The molecule has 0 amide bonds. The molecule has 1 heteroatoms. The summed E-state index contributed by atoms with van der Waals surface area (Å²) < 4.78 is 0. The van der Waals surface area contributed by atoms with Gasteiger partial charge in [0.15, 0.2) is 0 Å². The third kappa shape index (κ3) is 1.13. The molecule has 2 atom stereocenters. The van der Waals surface area contributed by atoms with E-state index in [9.17, 15) is 4.79 Å². The summed E-state index contributed by atoms with van der Waals surface area (Å²) in [5.41, 5.74) is -0.0885. The molecule has 0 aliphatic heterocycles. The van der Waals surface area contributed by atoms with E-state index in [1.165, 1.54) is 0 Å². The molecule has 0 saturated heterocycles. The Labute approximate surface area is 62.1 Å². The van der Waals surface area contributed by atoms with Crippen molar-refractivity contribution in [3.05, 3.63) is 12.2 Å². The van der Waals surface area contributed by atoms with Gasteiger partial charge in [-0.15, -0.1) is 0 Å². The lowest BCUT2D eigenvalue weighted by atomic mass is 9.72. The van der Waals surface area contributed by atoms with Gasteiger partial charge < -0.3 is 4.79 Å². The van der Waals surface area contributed by atoms with Gasteiger partial charge in [-0.1, -0.05) is 26.0 Å². The zero-order valence-electron chi connectivity index (χ0n) is 6.63. The zero-order valence-corrected chi connectivity index (χ0v) is 6.63. The van der Waals surface area contributed by atoms with Crippen LogP contribution in [0.3, 0.4) is 0 Å². The molecule has 0 aromatic carbocycles. The van der Waals surface area contributed by atoms with Crippen LogP contribution in [0.2, 0.25) is 0 Å². The molecule has 0 radical (unpaired) electrons. The average molecular weight is 138 g/mol. The summed E-state index contributed by atoms with van der Waals surface area (Å²) in [5.74, 6) is 0.509. The number of rotatable bonds is 1. The standard InChI is InChI=1S/C9H14O/c1-8-5-3-4-6-9(8,2)7-10/h3-4,7-8H,5-6H2,1-2H3. The molecule has 1 rings (SSSR count). The second-order valence-electron chi connectivity index (χ2n) is 3.44. The summed E-state index contributed by atoms with van der Waals surface area (Å²) in [6.07, 6.45) is 7.33. The van der Waals surface area contributed by atoms with E-state index < -0.39 is 0 Å². The molecule has 1 nitrogen and oxygen atoms in total. The van der Waals surface area contributed by atoms with E-state index in [0.717, 1.165) is 19.1 Å². The molecular formula is C9H14O. The molecule has 0 aromatic rings. The normalized spacial score (nSPS) is 39.6. The van der Waals surface area contributed by atoms with E-state index in [-0.39, 0.29) is 5.41 Å². The molecule has 1 aliphatic rings. The van der Waals surface area contributed by atoms with Crippen LogP contribution in [0.25, 0.3) is 0 Å². The van der Waals surface area contributed by atoms with Crippen LogP contribution in [0, 0.1) is 11.3 Å². The van der Waals surface area contributed by atoms with Crippen LogP contribution in [0.1, 0.15) is 26.7 Å². The molecule has 0 aromatic heterocycles. The molecule has 10 heavy (non-hydrogen) atoms. The van der Waals surface area contributed by atoms with E-state index in [2.05, 4.69) is 19.1 Å². The lowest BCUT2D eigenvalue weighted by Gasteiger charge is -2.31. The SMILES string of the molecule is CC1CC=CCC1(C)C=O. The van der Waals surface area contributed by atoms with Crippen LogP contribution in [0.4, 0.5) is 0 Å². The summed E-state index contributed by atoms with van der Waals surface area (Å²) in [6.45, 7) is 4.17. The van der Waals surface area contributed by atoms with Gasteiger partial charge in [0, 0.05) is 5.41 Å². The minimum absolute atomic E-state index is 0.0885. The fraction of sp³-hybridized carbons (Fsp3) is 0.667. The van der Waals surface area contributed by atoms with Crippen molar-refractivity contribution < 1.29 is 4.79 Å². The number of aldehydes is 1. The van der Waals surface area contributed by atoms with E-state index in [0.29, 0.717) is 5.92 Å². The molecule has 0 heterocycles. The predicted octanol–water partition coefficient (Wildman–Crippen LogP) is 2.18. The molecule has 0 fully saturated rings. The Morgan fingerprint density at radius 1 is 1.60 bits per heavy atom. The van der Waals surface area contributed by atoms with Crippen molar-refractivity contribution in [2.75, 3.05) is 0 Å². The van der Waals surface area contributed by atoms with Crippen molar-refractivity contribution in [1.82, 2.24) is 0 Å². The second-order valence-corrected chi connectivity index (χ2v) is 3.44. The topological polar surface area (TPSA) is 17.1 Å². The largest absolute Gasteiger partial charge is 0.303 e. The second kappa shape index (κ2) is 2.57. The average Bonchev–Trinajstić information content (AvgIpc) is 1.96. The molecule has 0 N–H and O–H groups in total. The highest BCUT2D eigenvalue weighted by Crippen LogP contribution is 2.35. The van der Waals surface area contributed by atoms with Gasteiger partial charge in [0.1, 0.15) is 6.29 Å². The van der Waals surface area contributed by atoms with E-state index in [1.54, 1.807) is 0 Å². The van der Waals surface area contributed by atoms with E-state index >= 15 is 0 Å². The Balaban J connectivity index is 2.75. The van der Waals surface area contributed by atoms with Gasteiger partial charge in [0.25, 0.3) is 0 Å². The first kappa shape index (κ1) is 7.52. The Hall–Kier alpha value is -0.590. The summed E-state index contributed by atoms with van der Waals surface area (Å²) in [6, 6.07) is 0. The van der Waals surface area contributed by atoms with Gasteiger partial charge in [-0.25, -0.2) is 0 Å². The van der Waals surface area contributed by atoms with Crippen molar-refractivity contribution in [3.63, 3.8) is 0 Å². The van der Waals surface area contributed by atoms with Gasteiger partial charge in [-0.3, -0.25) is 0 Å². The Bertz CT molecular complexity index is 160. The lowest BCUT2D eigenvalue weighted by molar-refractivity contribution is -0.117. The van der Waals surface area contributed by atoms with Crippen LogP contribution >= 0.6 is 0 Å². The number of allylic oxidation sites excluding steroid dienone is 2. The Kier molecular flexibility index (Phi) is 1.93. The van der Waals surface area contributed by atoms with Crippen molar-refractivity contribution in [1.29, 1.82) is 0 Å². The molecule has 2 unspecified atom stereocenters. The number of hydrogen-bond acceptors (Lipinski definition) is 1. The van der Waals surface area contributed by atoms with Crippen LogP contribution in [-0.2, 0) is 4.79 Å². The maximum Gasteiger partial charge on any atom is 0.126 e. The summed E-state index contributed by atoms with van der Waals surface area (Å²) >= 11 is 0. The van der Waals surface area contributed by atoms with Crippen molar-refractivity contribution in [2.24, 2.45) is 11.3 Å². The fourth-order valence-corrected chi connectivity index (χ4v) is 1.27. The number of hydrogen-bond donors (Lipinski definition) is 0. The van der Waals surface area contributed by atoms with E-state index in [4.69, 9.17) is 0 Å². The Morgan fingerprint density at radius 3 is 2.70 bits per heavy atom. The van der Waals surface area contributed by atoms with Crippen molar-refractivity contribution >= 4 is 6.29 Å². The highest BCUT2D eigenvalue weighted by Gasteiger charge is 2.30. The lowest BCUT2D eigenvalue weighted by Crippen LogP contribution is -2.28. The summed E-state index contributed by atoms with van der Waals surface area (Å²) in [7, 11) is 0. The Morgan fingerprint density at radius 2 is 2.30 bits per heavy atom. The van der Waals surface area contributed by atoms with Crippen LogP contribution in [0.15, 0.2) is 12.2 Å². The van der Waals surface area contributed by atoms with Gasteiger partial charge in [-0.2, -0.15) is 0 Å². The first-order valence-corrected chi connectivity index (χ1v) is 3.80. The molecule has 56 valence electrons. The monoisotopic (exact) mass is 138 g/mol. The first-order valence-electron chi connectivity index (χ1n) is 3.80. The smallest absolute Gasteiger partial charge is 0.126 e. The highest BCUT2D eigenvalue weighted by atomic mass is 16.1. The van der Waals surface area contributed by atoms with Gasteiger partial charge in [-0.05, 0) is 18.8 Å². The van der Waals surface area contributed by atoms with E-state index in [1.807, 2.05) is 6.92 Å². The molecule has 0 saturated carbocycles. The summed E-state index contributed by atoms with van der Waals surface area (Å²) in [4.78, 5) is 10.7. The number of carbonyl (C=O) groups is 1. The fourth-order valence-electron chi connectivity index (χ4n) is 1.27. The molecular weight excluding hydrogens is 124 g/mol. The maximum atomic E-state index is 10.7. The molecule has 1 aliphatic carbocycles. The summed E-state index contributed by atoms with van der Waals surface area (Å²) in [5, 5.41) is 0.